The Balaban J connectivity index is 2.24. The highest BCUT2D eigenvalue weighted by Crippen LogP contribution is 2.29. The molecule has 0 fully saturated rings. The zero-order chi connectivity index (χ0) is 18.0. The maximum Gasteiger partial charge on any atom is 0.677 e. The minimum absolute atomic E-state index is 0.204. The molecule has 0 bridgehead atoms. The van der Waals surface area contributed by atoms with Crippen molar-refractivity contribution >= 4 is 24.3 Å². The van der Waals surface area contributed by atoms with Gasteiger partial charge in [0.25, 0.3) is 0 Å². The van der Waals surface area contributed by atoms with Crippen LogP contribution in [0.3, 0.4) is 0 Å². The molecule has 0 aliphatic carbocycles. The van der Waals surface area contributed by atoms with Gasteiger partial charge in [-0.25, -0.2) is 9.78 Å². The third-order valence-electron chi connectivity index (χ3n) is 3.76. The second-order valence-corrected chi connectivity index (χ2v) is 5.24. The molecule has 0 unspecified atom stereocenters. The van der Waals surface area contributed by atoms with Gasteiger partial charge in [0.1, 0.15) is 5.75 Å². The van der Waals surface area contributed by atoms with E-state index in [1.165, 1.54) is 31.5 Å². The molecular weight excluding hydrogens is 329 g/mol. The molecule has 0 saturated carbocycles. The van der Waals surface area contributed by atoms with E-state index in [1.54, 1.807) is 25.1 Å². The maximum absolute atomic E-state index is 13.2. The number of halogens is 2. The summed E-state index contributed by atoms with van der Waals surface area (Å²) in [5.41, 5.74) is 1.23. The number of carbonyl (C=O) groups excluding carboxylic acids is 1. The van der Waals surface area contributed by atoms with Crippen LogP contribution >= 0.6 is 0 Å². The van der Waals surface area contributed by atoms with E-state index >= 15 is 0 Å². The largest absolute Gasteiger partial charge is 0.677 e. The van der Waals surface area contributed by atoms with Gasteiger partial charge < -0.3 is 14.0 Å². The van der Waals surface area contributed by atoms with Crippen molar-refractivity contribution in [2.45, 2.75) is 6.92 Å². The van der Waals surface area contributed by atoms with Crippen LogP contribution in [0.4, 0.5) is 8.63 Å². The van der Waals surface area contributed by atoms with Gasteiger partial charge in [-0.05, 0) is 49.5 Å². The summed E-state index contributed by atoms with van der Waals surface area (Å²) < 4.78 is 37.4. The number of hydrogen-bond donors (Lipinski definition) is 0. The Bertz CT molecular complexity index is 927. The highest BCUT2D eigenvalue weighted by Gasteiger charge is 2.22. The molecule has 0 saturated heterocycles. The number of esters is 1. The lowest BCUT2D eigenvalue weighted by atomic mass is 10.1. The molecule has 3 aromatic rings. The number of fused-ring (bicyclic) bond motifs is 1. The van der Waals surface area contributed by atoms with Gasteiger partial charge in [-0.3, -0.25) is 8.63 Å². The lowest BCUT2D eigenvalue weighted by molar-refractivity contribution is 0.0528. The third-order valence-corrected chi connectivity index (χ3v) is 3.76. The van der Waals surface area contributed by atoms with Crippen LogP contribution in [0.25, 0.3) is 22.3 Å². The van der Waals surface area contributed by atoms with Gasteiger partial charge in [0.2, 0.25) is 0 Å². The Morgan fingerprint density at radius 1 is 1.28 bits per heavy atom. The predicted octanol–water partition coefficient (Wildman–Crippen LogP) is 3.66. The fourth-order valence-electron chi connectivity index (χ4n) is 2.62. The van der Waals surface area contributed by atoms with Gasteiger partial charge >= 0.3 is 13.4 Å². The van der Waals surface area contributed by atoms with Crippen LogP contribution in [0.1, 0.15) is 17.3 Å². The molecule has 0 aliphatic heterocycles. The first kappa shape index (κ1) is 16.9. The highest BCUT2D eigenvalue weighted by atomic mass is 19.2. The van der Waals surface area contributed by atoms with Crippen LogP contribution in [0.15, 0.2) is 42.6 Å². The number of benzene rings is 1. The molecule has 1 aromatic carbocycles. The van der Waals surface area contributed by atoms with Crippen molar-refractivity contribution in [3.8, 4) is 17.1 Å². The van der Waals surface area contributed by atoms with Gasteiger partial charge in [-0.1, -0.05) is 0 Å². The summed E-state index contributed by atoms with van der Waals surface area (Å²) in [4.78, 5) is 16.8. The molecule has 2 aromatic heterocycles. The minimum Gasteiger partial charge on any atom is -0.497 e. The molecule has 3 rings (SSSR count). The average Bonchev–Trinajstić information content (AvgIpc) is 3.10. The van der Waals surface area contributed by atoms with Crippen LogP contribution in [0.5, 0.6) is 5.75 Å². The first-order chi connectivity index (χ1) is 12.0. The Kier molecular flexibility index (Phi) is 4.69. The zero-order valence-electron chi connectivity index (χ0n) is 13.7. The Hall–Kier alpha value is -2.90. The van der Waals surface area contributed by atoms with Gasteiger partial charge in [0, 0.05) is 5.39 Å². The Labute approximate surface area is 143 Å². The summed E-state index contributed by atoms with van der Waals surface area (Å²) in [6.45, 7) is 1.90. The van der Waals surface area contributed by atoms with Crippen LogP contribution in [0, 0.1) is 0 Å². The molecule has 2 heterocycles. The van der Waals surface area contributed by atoms with Gasteiger partial charge in [0.15, 0.2) is 0 Å². The van der Waals surface area contributed by atoms with Crippen LogP contribution in [-0.4, -0.2) is 36.5 Å². The monoisotopic (exact) mass is 344 g/mol. The number of nitrogens with zero attached hydrogens (tertiary/aromatic N) is 2. The van der Waals surface area contributed by atoms with Crippen LogP contribution in [0.2, 0.25) is 0 Å². The molecule has 0 aliphatic rings. The molecule has 0 amide bonds. The quantitative estimate of drug-likeness (QED) is 0.524. The number of methoxy groups -OCH3 is 1. The Morgan fingerprint density at radius 3 is 2.76 bits per heavy atom. The minimum atomic E-state index is -2.70. The predicted molar refractivity (Wildman–Crippen MR) is 91.0 cm³/mol. The lowest BCUT2D eigenvalue weighted by Crippen LogP contribution is -2.13. The topological polar surface area (TPSA) is 53.4 Å². The van der Waals surface area contributed by atoms with Crippen molar-refractivity contribution < 1.29 is 22.9 Å². The van der Waals surface area contributed by atoms with Crippen molar-refractivity contribution in [3.05, 3.63) is 48.2 Å². The number of rotatable bonds is 5. The first-order valence-corrected chi connectivity index (χ1v) is 7.66. The van der Waals surface area contributed by atoms with Crippen LogP contribution in [-0.2, 0) is 4.74 Å². The molecule has 8 heteroatoms. The molecule has 0 N–H and O–H groups in total. The second kappa shape index (κ2) is 6.92. The summed E-state index contributed by atoms with van der Waals surface area (Å²) in [6, 6.07) is 9.54. The highest BCUT2D eigenvalue weighted by molar-refractivity contribution is 6.41. The number of carbonyl (C=O) groups is 1. The van der Waals surface area contributed by atoms with E-state index in [1.807, 2.05) is 0 Å². The van der Waals surface area contributed by atoms with Crippen molar-refractivity contribution in [2.75, 3.05) is 13.7 Å². The number of pyridine rings is 1. The molecule has 25 heavy (non-hydrogen) atoms. The van der Waals surface area contributed by atoms with E-state index in [-0.39, 0.29) is 23.6 Å². The first-order valence-electron chi connectivity index (χ1n) is 7.66. The summed E-state index contributed by atoms with van der Waals surface area (Å²) in [7, 11) is -1.19. The van der Waals surface area contributed by atoms with Crippen LogP contribution < -0.4 is 4.74 Å². The second-order valence-electron chi connectivity index (χ2n) is 5.24. The van der Waals surface area contributed by atoms with Gasteiger partial charge in [0.05, 0.1) is 36.2 Å². The summed E-state index contributed by atoms with van der Waals surface area (Å²) in [6.07, 6.45) is 1.27. The standard InChI is InChI=1S/C17H15BF2N2O3/c1-3-25-17(23)13-10-15(16-5-4-8-22(16)18(19)20)21-14-7-6-11(24-2)9-12(13)14/h4-10H,3H2,1-2H3. The lowest BCUT2D eigenvalue weighted by Gasteiger charge is -2.11. The zero-order valence-corrected chi connectivity index (χ0v) is 13.7. The van der Waals surface area contributed by atoms with Crippen molar-refractivity contribution in [3.63, 3.8) is 0 Å². The fourth-order valence-corrected chi connectivity index (χ4v) is 2.62. The van der Waals surface area contributed by atoms with Gasteiger partial charge in [-0.2, -0.15) is 0 Å². The summed E-state index contributed by atoms with van der Waals surface area (Å²) in [5.74, 6) is 0.0168. The van der Waals surface area contributed by atoms with Crippen molar-refractivity contribution in [1.29, 1.82) is 0 Å². The number of hydrogen-bond acceptors (Lipinski definition) is 4. The molecular formula is C17H15BF2N2O3. The van der Waals surface area contributed by atoms with Gasteiger partial charge in [-0.15, -0.1) is 0 Å². The molecule has 0 radical (unpaired) electrons. The van der Waals surface area contributed by atoms with E-state index < -0.39 is 13.4 Å². The number of ether oxygens (including phenoxy) is 2. The van der Waals surface area contributed by atoms with Crippen molar-refractivity contribution in [2.24, 2.45) is 0 Å². The SMILES string of the molecule is CCOC(=O)c1cc(-c2cccn2B(F)F)nc2ccc(OC)cc12. The van der Waals surface area contributed by atoms with E-state index in [4.69, 9.17) is 9.47 Å². The smallest absolute Gasteiger partial charge is 0.497 e. The Morgan fingerprint density at radius 2 is 2.08 bits per heavy atom. The summed E-state index contributed by atoms with van der Waals surface area (Å²) >= 11 is 0. The van der Waals surface area contributed by atoms with E-state index in [0.29, 0.717) is 16.7 Å². The van der Waals surface area contributed by atoms with E-state index in [0.717, 1.165) is 4.48 Å². The molecule has 0 atom stereocenters. The average molecular weight is 344 g/mol. The third kappa shape index (κ3) is 3.19. The molecule has 5 nitrogen and oxygen atoms in total. The molecule has 128 valence electrons. The summed E-state index contributed by atoms with van der Waals surface area (Å²) in [5, 5.41) is 0.539. The van der Waals surface area contributed by atoms with Crippen molar-refractivity contribution in [1.82, 2.24) is 9.46 Å². The number of aromatic nitrogens is 2. The van der Waals surface area contributed by atoms with E-state index in [9.17, 15) is 13.4 Å². The fraction of sp³-hybridized carbons (Fsp3) is 0.176. The normalized spacial score (nSPS) is 10.7. The maximum atomic E-state index is 13.2. The molecule has 0 spiro atoms. The van der Waals surface area contributed by atoms with E-state index in [2.05, 4.69) is 4.98 Å².